The third-order valence-electron chi connectivity index (χ3n) is 4.80. The molecule has 9 heteroatoms. The number of aryl methyl sites for hydroxylation is 2. The molecule has 3 aromatic rings. The molecule has 0 spiro atoms. The normalized spacial score (nSPS) is 11.9. The number of benzene rings is 1. The number of esters is 1. The van der Waals surface area contributed by atoms with Crippen molar-refractivity contribution >= 4 is 29.1 Å². The first kappa shape index (κ1) is 21.1. The zero-order valence-corrected chi connectivity index (χ0v) is 17.3. The molecule has 0 aliphatic heterocycles. The SMILES string of the molecule is CC(=O)c1ccc(NC(=O)C(C)OC(=O)CCc2c(C)nc3ncnn3c2C)cc1. The molecule has 0 bridgehead atoms. The number of aromatic nitrogens is 4. The number of anilines is 1. The van der Waals surface area contributed by atoms with Crippen LogP contribution in [0.15, 0.2) is 30.6 Å². The standard InChI is InChI=1S/C21H23N5O4/c1-12-18(13(2)26-21(24-12)22-11-23-26)9-10-19(28)30-15(4)20(29)25-17-7-5-16(6-8-17)14(3)27/h5-8,11,15H,9-10H2,1-4H3,(H,25,29). The fourth-order valence-corrected chi connectivity index (χ4v) is 3.09. The molecule has 1 unspecified atom stereocenters. The van der Waals surface area contributed by atoms with Crippen LogP contribution in [0.2, 0.25) is 0 Å². The molecule has 0 aliphatic carbocycles. The second-order valence-corrected chi connectivity index (χ2v) is 6.99. The third-order valence-corrected chi connectivity index (χ3v) is 4.80. The number of hydrogen-bond acceptors (Lipinski definition) is 7. The first-order valence-electron chi connectivity index (χ1n) is 9.53. The van der Waals surface area contributed by atoms with Gasteiger partial charge in [0.05, 0.1) is 0 Å². The largest absolute Gasteiger partial charge is 0.453 e. The van der Waals surface area contributed by atoms with Crippen LogP contribution in [0, 0.1) is 13.8 Å². The van der Waals surface area contributed by atoms with E-state index in [1.165, 1.54) is 20.2 Å². The van der Waals surface area contributed by atoms with E-state index in [1.807, 2.05) is 13.8 Å². The van der Waals surface area contributed by atoms with Gasteiger partial charge in [0, 0.05) is 29.1 Å². The molecule has 0 radical (unpaired) electrons. The second kappa shape index (κ2) is 8.81. The number of rotatable bonds is 7. The number of hydrogen-bond donors (Lipinski definition) is 1. The summed E-state index contributed by atoms with van der Waals surface area (Å²) in [6.45, 7) is 6.73. The van der Waals surface area contributed by atoms with E-state index in [0.717, 1.165) is 17.0 Å². The summed E-state index contributed by atoms with van der Waals surface area (Å²) >= 11 is 0. The maximum absolute atomic E-state index is 12.3. The molecule has 0 aliphatic rings. The van der Waals surface area contributed by atoms with Crippen LogP contribution >= 0.6 is 0 Å². The number of ketones is 1. The molecule has 1 atom stereocenters. The summed E-state index contributed by atoms with van der Waals surface area (Å²) in [5.74, 6) is -0.476. The van der Waals surface area contributed by atoms with Crippen LogP contribution in [-0.4, -0.2) is 43.3 Å². The Balaban J connectivity index is 1.55. The van der Waals surface area contributed by atoms with Crippen molar-refractivity contribution in [3.63, 3.8) is 0 Å². The predicted octanol–water partition coefficient (Wildman–Crippen LogP) is 2.45. The van der Waals surface area contributed by atoms with E-state index in [0.29, 0.717) is 23.4 Å². The Labute approximate surface area is 173 Å². The lowest BCUT2D eigenvalue weighted by atomic mass is 10.1. The van der Waals surface area contributed by atoms with Crippen molar-refractivity contribution in [2.24, 2.45) is 0 Å². The Morgan fingerprint density at radius 1 is 1.17 bits per heavy atom. The average Bonchev–Trinajstić information content (AvgIpc) is 3.16. The summed E-state index contributed by atoms with van der Waals surface area (Å²) in [4.78, 5) is 44.3. The van der Waals surface area contributed by atoms with Gasteiger partial charge >= 0.3 is 5.97 Å². The van der Waals surface area contributed by atoms with Gasteiger partial charge in [0.2, 0.25) is 0 Å². The molecule has 0 fully saturated rings. The van der Waals surface area contributed by atoms with Crippen molar-refractivity contribution in [2.75, 3.05) is 5.32 Å². The lowest BCUT2D eigenvalue weighted by Gasteiger charge is -2.14. The minimum Gasteiger partial charge on any atom is -0.453 e. The Kier molecular flexibility index (Phi) is 6.20. The van der Waals surface area contributed by atoms with Gasteiger partial charge in [-0.2, -0.15) is 10.1 Å². The molecule has 1 N–H and O–H groups in total. The minimum absolute atomic E-state index is 0.0567. The summed E-state index contributed by atoms with van der Waals surface area (Å²) in [5.41, 5.74) is 3.61. The van der Waals surface area contributed by atoms with E-state index >= 15 is 0 Å². The van der Waals surface area contributed by atoms with Crippen LogP contribution in [-0.2, 0) is 20.7 Å². The summed E-state index contributed by atoms with van der Waals surface area (Å²) in [5, 5.41) is 6.80. The highest BCUT2D eigenvalue weighted by Gasteiger charge is 2.19. The number of carbonyl (C=O) groups is 3. The fraction of sp³-hybridized carbons (Fsp3) is 0.333. The van der Waals surface area contributed by atoms with Gasteiger partial charge in [-0.05, 0) is 63.9 Å². The van der Waals surface area contributed by atoms with E-state index in [9.17, 15) is 14.4 Å². The van der Waals surface area contributed by atoms with Crippen molar-refractivity contribution in [1.82, 2.24) is 19.6 Å². The maximum atomic E-state index is 12.3. The summed E-state index contributed by atoms with van der Waals surface area (Å²) in [6, 6.07) is 6.50. The van der Waals surface area contributed by atoms with E-state index in [2.05, 4.69) is 20.4 Å². The molecular weight excluding hydrogens is 386 g/mol. The molecule has 156 valence electrons. The van der Waals surface area contributed by atoms with Crippen LogP contribution in [0.3, 0.4) is 0 Å². The molecule has 2 heterocycles. The molecule has 0 saturated carbocycles. The summed E-state index contributed by atoms with van der Waals surface area (Å²) in [7, 11) is 0. The van der Waals surface area contributed by atoms with Crippen molar-refractivity contribution in [3.8, 4) is 0 Å². The smallest absolute Gasteiger partial charge is 0.306 e. The molecule has 30 heavy (non-hydrogen) atoms. The van der Waals surface area contributed by atoms with E-state index < -0.39 is 18.0 Å². The van der Waals surface area contributed by atoms with Crippen molar-refractivity contribution in [1.29, 1.82) is 0 Å². The quantitative estimate of drug-likeness (QED) is 0.471. The zero-order valence-electron chi connectivity index (χ0n) is 17.3. The fourth-order valence-electron chi connectivity index (χ4n) is 3.09. The van der Waals surface area contributed by atoms with Gasteiger partial charge in [-0.15, -0.1) is 0 Å². The monoisotopic (exact) mass is 409 g/mol. The number of ether oxygens (including phenoxy) is 1. The van der Waals surface area contributed by atoms with E-state index in [4.69, 9.17) is 4.74 Å². The number of fused-ring (bicyclic) bond motifs is 1. The van der Waals surface area contributed by atoms with Gasteiger partial charge in [-0.1, -0.05) is 0 Å². The van der Waals surface area contributed by atoms with Gasteiger partial charge in [-0.25, -0.2) is 9.50 Å². The summed E-state index contributed by atoms with van der Waals surface area (Å²) < 4.78 is 6.89. The number of carbonyl (C=O) groups excluding carboxylic acids is 3. The van der Waals surface area contributed by atoms with Crippen LogP contribution < -0.4 is 5.32 Å². The van der Waals surface area contributed by atoms with Crippen molar-refractivity contribution in [2.45, 2.75) is 46.6 Å². The molecule has 1 aromatic carbocycles. The highest BCUT2D eigenvalue weighted by Crippen LogP contribution is 2.16. The highest BCUT2D eigenvalue weighted by atomic mass is 16.5. The van der Waals surface area contributed by atoms with E-state index in [1.54, 1.807) is 28.8 Å². The topological polar surface area (TPSA) is 116 Å². The van der Waals surface area contributed by atoms with Gasteiger partial charge in [0.15, 0.2) is 11.9 Å². The van der Waals surface area contributed by atoms with Gasteiger partial charge in [0.1, 0.15) is 6.33 Å². The van der Waals surface area contributed by atoms with Gasteiger partial charge in [-0.3, -0.25) is 14.4 Å². The number of nitrogens with one attached hydrogen (secondary N) is 1. The summed E-state index contributed by atoms with van der Waals surface area (Å²) in [6.07, 6.45) is 0.998. The first-order valence-corrected chi connectivity index (χ1v) is 9.53. The number of amides is 1. The molecule has 1 amide bonds. The highest BCUT2D eigenvalue weighted by molar-refractivity contribution is 5.97. The number of Topliss-reactive ketones (excluding diaryl/α,β-unsaturated/α-hetero) is 1. The van der Waals surface area contributed by atoms with Crippen molar-refractivity contribution in [3.05, 3.63) is 53.1 Å². The minimum atomic E-state index is -0.955. The lowest BCUT2D eigenvalue weighted by molar-refractivity contribution is -0.153. The third kappa shape index (κ3) is 4.68. The van der Waals surface area contributed by atoms with Gasteiger partial charge in [0.25, 0.3) is 11.7 Å². The Morgan fingerprint density at radius 3 is 2.53 bits per heavy atom. The van der Waals surface area contributed by atoms with Crippen molar-refractivity contribution < 1.29 is 19.1 Å². The molecule has 0 saturated heterocycles. The van der Waals surface area contributed by atoms with Crippen LogP contribution in [0.5, 0.6) is 0 Å². The molecular formula is C21H23N5O4. The first-order chi connectivity index (χ1) is 14.3. The average molecular weight is 409 g/mol. The Morgan fingerprint density at radius 2 is 1.87 bits per heavy atom. The molecule has 9 nitrogen and oxygen atoms in total. The van der Waals surface area contributed by atoms with Crippen LogP contribution in [0.1, 0.15) is 47.6 Å². The second-order valence-electron chi connectivity index (χ2n) is 6.99. The Hall–Kier alpha value is -3.62. The van der Waals surface area contributed by atoms with Crippen LogP contribution in [0.4, 0.5) is 5.69 Å². The van der Waals surface area contributed by atoms with Gasteiger partial charge < -0.3 is 10.1 Å². The zero-order chi connectivity index (χ0) is 21.8. The maximum Gasteiger partial charge on any atom is 0.306 e. The van der Waals surface area contributed by atoms with Crippen LogP contribution in [0.25, 0.3) is 5.78 Å². The predicted molar refractivity (Wildman–Crippen MR) is 109 cm³/mol. The van der Waals surface area contributed by atoms with E-state index in [-0.39, 0.29) is 12.2 Å². The number of nitrogens with zero attached hydrogens (tertiary/aromatic N) is 4. The molecule has 3 rings (SSSR count). The molecule has 2 aromatic heterocycles. The lowest BCUT2D eigenvalue weighted by Crippen LogP contribution is -2.30. The Bertz CT molecular complexity index is 1100.